The first-order chi connectivity index (χ1) is 7.66. The molecular weight excluding hydrogens is 196 g/mol. The lowest BCUT2D eigenvalue weighted by molar-refractivity contribution is 0.161. The fraction of sp³-hybridized carbons (Fsp3) is 0.867. The van der Waals surface area contributed by atoms with Gasteiger partial charge in [0.2, 0.25) is 0 Å². The predicted molar refractivity (Wildman–Crippen MR) is 72.7 cm³/mol. The standard InChI is InChI=1S/C15H30O/c1-4-5-6-7-8-9-10-11-12-15(16)13-14(2)3/h15-16H,2,4-13H2,1,3H3. The molecule has 0 aliphatic heterocycles. The summed E-state index contributed by atoms with van der Waals surface area (Å²) in [5.41, 5.74) is 1.09. The van der Waals surface area contributed by atoms with Crippen LogP contribution in [0.3, 0.4) is 0 Å². The minimum absolute atomic E-state index is 0.155. The minimum atomic E-state index is -0.155. The lowest BCUT2D eigenvalue weighted by Gasteiger charge is -2.09. The molecule has 0 bridgehead atoms. The molecule has 0 saturated heterocycles. The van der Waals surface area contributed by atoms with Crippen LogP contribution in [0.15, 0.2) is 12.2 Å². The van der Waals surface area contributed by atoms with Gasteiger partial charge in [-0.15, -0.1) is 6.58 Å². The van der Waals surface area contributed by atoms with Gasteiger partial charge >= 0.3 is 0 Å². The van der Waals surface area contributed by atoms with Crippen molar-refractivity contribution in [3.8, 4) is 0 Å². The molecule has 0 fully saturated rings. The van der Waals surface area contributed by atoms with E-state index in [9.17, 15) is 5.11 Å². The van der Waals surface area contributed by atoms with Crippen molar-refractivity contribution in [3.05, 3.63) is 12.2 Å². The molecule has 0 amide bonds. The minimum Gasteiger partial charge on any atom is -0.393 e. The second-order valence-electron chi connectivity index (χ2n) is 5.08. The Balaban J connectivity index is 3.11. The molecule has 1 atom stereocenters. The molecule has 0 aromatic carbocycles. The van der Waals surface area contributed by atoms with E-state index in [1.807, 2.05) is 6.92 Å². The Kier molecular flexibility index (Phi) is 11.0. The third-order valence-corrected chi connectivity index (χ3v) is 2.97. The summed E-state index contributed by atoms with van der Waals surface area (Å²) < 4.78 is 0. The number of hydrogen-bond donors (Lipinski definition) is 1. The number of aliphatic hydroxyl groups is 1. The summed E-state index contributed by atoms with van der Waals surface area (Å²) in [6.07, 6.45) is 12.2. The van der Waals surface area contributed by atoms with Crippen molar-refractivity contribution in [3.63, 3.8) is 0 Å². The van der Waals surface area contributed by atoms with Crippen LogP contribution in [0, 0.1) is 0 Å². The summed E-state index contributed by atoms with van der Waals surface area (Å²) in [6.45, 7) is 8.06. The highest BCUT2D eigenvalue weighted by molar-refractivity contribution is 4.90. The third-order valence-electron chi connectivity index (χ3n) is 2.97. The molecule has 96 valence electrons. The quantitative estimate of drug-likeness (QED) is 0.394. The Morgan fingerprint density at radius 3 is 2.00 bits per heavy atom. The van der Waals surface area contributed by atoms with E-state index >= 15 is 0 Å². The highest BCUT2D eigenvalue weighted by Crippen LogP contribution is 2.13. The molecule has 1 heteroatoms. The van der Waals surface area contributed by atoms with Crippen molar-refractivity contribution in [2.45, 2.75) is 84.2 Å². The second-order valence-corrected chi connectivity index (χ2v) is 5.08. The first kappa shape index (κ1) is 15.7. The molecule has 16 heavy (non-hydrogen) atoms. The van der Waals surface area contributed by atoms with Crippen LogP contribution < -0.4 is 0 Å². The Morgan fingerprint density at radius 1 is 1.00 bits per heavy atom. The van der Waals surface area contributed by atoms with Crippen LogP contribution in [0.2, 0.25) is 0 Å². The van der Waals surface area contributed by atoms with E-state index in [0.717, 1.165) is 18.4 Å². The molecule has 0 aromatic rings. The maximum Gasteiger partial charge on any atom is 0.0577 e. The number of hydrogen-bond acceptors (Lipinski definition) is 1. The highest BCUT2D eigenvalue weighted by atomic mass is 16.3. The summed E-state index contributed by atoms with van der Waals surface area (Å²) >= 11 is 0. The Morgan fingerprint density at radius 2 is 1.50 bits per heavy atom. The van der Waals surface area contributed by atoms with Gasteiger partial charge in [0.05, 0.1) is 6.10 Å². The van der Waals surface area contributed by atoms with E-state index in [1.165, 1.54) is 51.4 Å². The molecule has 0 radical (unpaired) electrons. The predicted octanol–water partition coefficient (Wildman–Crippen LogP) is 4.84. The van der Waals surface area contributed by atoms with Gasteiger partial charge in [-0.1, -0.05) is 63.9 Å². The highest BCUT2D eigenvalue weighted by Gasteiger charge is 2.03. The molecule has 0 spiro atoms. The molecule has 0 aromatic heterocycles. The zero-order valence-electron chi connectivity index (χ0n) is 11.3. The van der Waals surface area contributed by atoms with E-state index in [0.29, 0.717) is 0 Å². The van der Waals surface area contributed by atoms with Crippen molar-refractivity contribution in [2.75, 3.05) is 0 Å². The van der Waals surface area contributed by atoms with E-state index < -0.39 is 0 Å². The van der Waals surface area contributed by atoms with Crippen molar-refractivity contribution in [1.82, 2.24) is 0 Å². The van der Waals surface area contributed by atoms with Gasteiger partial charge in [-0.3, -0.25) is 0 Å². The van der Waals surface area contributed by atoms with Gasteiger partial charge in [0.1, 0.15) is 0 Å². The third kappa shape index (κ3) is 11.8. The van der Waals surface area contributed by atoms with Gasteiger partial charge < -0.3 is 5.11 Å². The van der Waals surface area contributed by atoms with Gasteiger partial charge in [0, 0.05) is 0 Å². The van der Waals surface area contributed by atoms with Crippen LogP contribution in [-0.2, 0) is 0 Å². The monoisotopic (exact) mass is 226 g/mol. The van der Waals surface area contributed by atoms with E-state index in [4.69, 9.17) is 0 Å². The van der Waals surface area contributed by atoms with Gasteiger partial charge in [0.25, 0.3) is 0 Å². The van der Waals surface area contributed by atoms with Crippen LogP contribution in [0.25, 0.3) is 0 Å². The topological polar surface area (TPSA) is 20.2 Å². The lowest BCUT2D eigenvalue weighted by Crippen LogP contribution is -2.06. The molecule has 1 N–H and O–H groups in total. The maximum absolute atomic E-state index is 9.63. The van der Waals surface area contributed by atoms with Gasteiger partial charge in [-0.2, -0.15) is 0 Å². The van der Waals surface area contributed by atoms with Crippen LogP contribution in [-0.4, -0.2) is 11.2 Å². The summed E-state index contributed by atoms with van der Waals surface area (Å²) in [5.74, 6) is 0. The molecular formula is C15H30O. The first-order valence-corrected chi connectivity index (χ1v) is 6.99. The smallest absolute Gasteiger partial charge is 0.0577 e. The van der Waals surface area contributed by atoms with Gasteiger partial charge in [-0.25, -0.2) is 0 Å². The maximum atomic E-state index is 9.63. The summed E-state index contributed by atoms with van der Waals surface area (Å²) in [7, 11) is 0. The molecule has 0 rings (SSSR count). The Labute approximate surface area is 102 Å². The van der Waals surface area contributed by atoms with Crippen LogP contribution in [0.4, 0.5) is 0 Å². The van der Waals surface area contributed by atoms with E-state index in [2.05, 4.69) is 13.5 Å². The van der Waals surface area contributed by atoms with Crippen molar-refractivity contribution >= 4 is 0 Å². The molecule has 0 saturated carbocycles. The number of unbranched alkanes of at least 4 members (excludes halogenated alkanes) is 7. The Bertz CT molecular complexity index is 163. The van der Waals surface area contributed by atoms with Crippen LogP contribution >= 0.6 is 0 Å². The SMILES string of the molecule is C=C(C)CC(O)CCCCCCCCCC. The normalized spacial score (nSPS) is 12.7. The molecule has 0 aliphatic carbocycles. The summed E-state index contributed by atoms with van der Waals surface area (Å²) in [4.78, 5) is 0. The number of rotatable bonds is 11. The fourth-order valence-corrected chi connectivity index (χ4v) is 2.02. The van der Waals surface area contributed by atoms with Crippen molar-refractivity contribution in [1.29, 1.82) is 0 Å². The Hall–Kier alpha value is -0.300. The fourth-order valence-electron chi connectivity index (χ4n) is 2.02. The summed E-state index contributed by atoms with van der Waals surface area (Å²) in [5, 5.41) is 9.63. The zero-order chi connectivity index (χ0) is 12.2. The summed E-state index contributed by atoms with van der Waals surface area (Å²) in [6, 6.07) is 0. The zero-order valence-corrected chi connectivity index (χ0v) is 11.3. The molecule has 0 heterocycles. The van der Waals surface area contributed by atoms with Crippen LogP contribution in [0.1, 0.15) is 78.1 Å². The molecule has 1 unspecified atom stereocenters. The van der Waals surface area contributed by atoms with Crippen molar-refractivity contribution in [2.24, 2.45) is 0 Å². The first-order valence-electron chi connectivity index (χ1n) is 6.99. The van der Waals surface area contributed by atoms with Gasteiger partial charge in [-0.05, 0) is 19.8 Å². The second kappa shape index (κ2) is 11.2. The van der Waals surface area contributed by atoms with E-state index in [1.54, 1.807) is 0 Å². The van der Waals surface area contributed by atoms with E-state index in [-0.39, 0.29) is 6.10 Å². The number of aliphatic hydroxyl groups excluding tert-OH is 1. The molecule has 1 nitrogen and oxygen atoms in total. The van der Waals surface area contributed by atoms with Crippen LogP contribution in [0.5, 0.6) is 0 Å². The molecule has 0 aliphatic rings. The van der Waals surface area contributed by atoms with Crippen molar-refractivity contribution < 1.29 is 5.11 Å². The lowest BCUT2D eigenvalue weighted by atomic mass is 10.0. The average Bonchev–Trinajstić information content (AvgIpc) is 2.21. The average molecular weight is 226 g/mol. The van der Waals surface area contributed by atoms with Gasteiger partial charge in [0.15, 0.2) is 0 Å². The largest absolute Gasteiger partial charge is 0.393 e.